The molecule has 1 aliphatic rings. The number of carbonyl (C=O) groups excluding carboxylic acids is 1. The van der Waals surface area contributed by atoms with Gasteiger partial charge in [-0.25, -0.2) is 4.79 Å². The van der Waals surface area contributed by atoms with Crippen molar-refractivity contribution < 1.29 is 9.53 Å². The Bertz CT molecular complexity index is 329. The van der Waals surface area contributed by atoms with Gasteiger partial charge in [0.15, 0.2) is 0 Å². The first-order chi connectivity index (χ1) is 10.8. The quantitative estimate of drug-likeness (QED) is 0.748. The van der Waals surface area contributed by atoms with Crippen LogP contribution in [0, 0.1) is 5.92 Å². The molecular formula is C19H38N2O2. The fraction of sp³-hybridized carbons (Fsp3) is 0.947. The number of hydrogen-bond donors (Lipinski definition) is 2. The summed E-state index contributed by atoms with van der Waals surface area (Å²) in [6, 6.07) is 0.923. The predicted octanol–water partition coefficient (Wildman–Crippen LogP) is 4.63. The van der Waals surface area contributed by atoms with E-state index in [1.165, 1.54) is 44.9 Å². The van der Waals surface area contributed by atoms with Crippen LogP contribution >= 0.6 is 0 Å². The maximum absolute atomic E-state index is 11.9. The molecule has 136 valence electrons. The van der Waals surface area contributed by atoms with Crippen LogP contribution in [0.4, 0.5) is 4.79 Å². The summed E-state index contributed by atoms with van der Waals surface area (Å²) < 4.78 is 5.34. The molecule has 1 fully saturated rings. The van der Waals surface area contributed by atoms with Crippen molar-refractivity contribution in [2.45, 2.75) is 104 Å². The topological polar surface area (TPSA) is 50.4 Å². The second-order valence-electron chi connectivity index (χ2n) is 8.42. The molecule has 1 unspecified atom stereocenters. The highest BCUT2D eigenvalue weighted by atomic mass is 16.6. The number of amides is 1. The summed E-state index contributed by atoms with van der Waals surface area (Å²) in [7, 11) is 0. The molecule has 0 heterocycles. The average Bonchev–Trinajstić information content (AvgIpc) is 2.36. The van der Waals surface area contributed by atoms with Crippen molar-refractivity contribution >= 4 is 6.09 Å². The fourth-order valence-electron chi connectivity index (χ4n) is 3.26. The van der Waals surface area contributed by atoms with E-state index in [9.17, 15) is 4.79 Å². The third-order valence-electron chi connectivity index (χ3n) is 4.22. The monoisotopic (exact) mass is 326 g/mol. The van der Waals surface area contributed by atoms with Crippen molar-refractivity contribution in [2.75, 3.05) is 6.54 Å². The zero-order chi connectivity index (χ0) is 17.3. The van der Waals surface area contributed by atoms with Crippen LogP contribution in [0.15, 0.2) is 0 Å². The predicted molar refractivity (Wildman–Crippen MR) is 96.7 cm³/mol. The summed E-state index contributed by atoms with van der Waals surface area (Å²) in [4.78, 5) is 11.9. The third kappa shape index (κ3) is 10.6. The fourth-order valence-corrected chi connectivity index (χ4v) is 3.26. The van der Waals surface area contributed by atoms with Gasteiger partial charge in [0, 0.05) is 18.6 Å². The molecule has 1 atom stereocenters. The van der Waals surface area contributed by atoms with E-state index in [1.807, 2.05) is 20.8 Å². The van der Waals surface area contributed by atoms with Crippen molar-refractivity contribution in [1.82, 2.24) is 10.6 Å². The van der Waals surface area contributed by atoms with Gasteiger partial charge < -0.3 is 15.4 Å². The van der Waals surface area contributed by atoms with Crippen LogP contribution < -0.4 is 10.6 Å². The van der Waals surface area contributed by atoms with Crippen LogP contribution in [-0.2, 0) is 4.74 Å². The van der Waals surface area contributed by atoms with Crippen LogP contribution in [0.3, 0.4) is 0 Å². The SMILES string of the molecule is CC(C)CC(CNC(=O)OC(C)(C)C)NC1CCCCCCC1. The lowest BCUT2D eigenvalue weighted by Gasteiger charge is -2.29. The van der Waals surface area contributed by atoms with E-state index in [1.54, 1.807) is 0 Å². The van der Waals surface area contributed by atoms with Gasteiger partial charge >= 0.3 is 6.09 Å². The molecule has 4 nitrogen and oxygen atoms in total. The number of nitrogens with one attached hydrogen (secondary N) is 2. The van der Waals surface area contributed by atoms with Gasteiger partial charge in [0.05, 0.1) is 0 Å². The molecule has 0 saturated heterocycles. The van der Waals surface area contributed by atoms with Crippen LogP contribution in [0.2, 0.25) is 0 Å². The van der Waals surface area contributed by atoms with Gasteiger partial charge in [-0.3, -0.25) is 0 Å². The van der Waals surface area contributed by atoms with Crippen molar-refractivity contribution in [3.63, 3.8) is 0 Å². The zero-order valence-corrected chi connectivity index (χ0v) is 15.9. The lowest BCUT2D eigenvalue weighted by atomic mass is 9.95. The third-order valence-corrected chi connectivity index (χ3v) is 4.22. The first kappa shape index (κ1) is 20.3. The molecule has 0 aromatic rings. The molecular weight excluding hydrogens is 288 g/mol. The minimum Gasteiger partial charge on any atom is -0.444 e. The Morgan fingerprint density at radius 2 is 1.65 bits per heavy atom. The maximum Gasteiger partial charge on any atom is 0.407 e. The Kier molecular flexibility index (Phi) is 8.96. The molecule has 1 aliphatic carbocycles. The molecule has 2 N–H and O–H groups in total. The Morgan fingerprint density at radius 3 is 2.17 bits per heavy atom. The Balaban J connectivity index is 2.45. The van der Waals surface area contributed by atoms with E-state index < -0.39 is 5.60 Å². The summed E-state index contributed by atoms with van der Waals surface area (Å²) in [6.45, 7) is 10.8. The van der Waals surface area contributed by atoms with Gasteiger partial charge in [-0.1, -0.05) is 46.0 Å². The van der Waals surface area contributed by atoms with Gasteiger partial charge in [0.2, 0.25) is 0 Å². The molecule has 1 saturated carbocycles. The highest BCUT2D eigenvalue weighted by Gasteiger charge is 2.20. The zero-order valence-electron chi connectivity index (χ0n) is 15.9. The molecule has 0 spiro atoms. The highest BCUT2D eigenvalue weighted by molar-refractivity contribution is 5.67. The average molecular weight is 327 g/mol. The number of rotatable bonds is 6. The molecule has 0 aliphatic heterocycles. The summed E-state index contributed by atoms with van der Waals surface area (Å²) in [6.07, 6.45) is 10.1. The van der Waals surface area contributed by atoms with Crippen LogP contribution in [0.1, 0.15) is 86.0 Å². The van der Waals surface area contributed by atoms with Gasteiger partial charge in [-0.05, 0) is 46.0 Å². The second-order valence-corrected chi connectivity index (χ2v) is 8.42. The number of carbonyl (C=O) groups is 1. The van der Waals surface area contributed by atoms with E-state index in [4.69, 9.17) is 4.74 Å². The normalized spacial score (nSPS) is 19.0. The summed E-state index contributed by atoms with van der Waals surface area (Å²) in [5, 5.41) is 6.74. The van der Waals surface area contributed by atoms with Crippen molar-refractivity contribution in [3.8, 4) is 0 Å². The summed E-state index contributed by atoms with van der Waals surface area (Å²) >= 11 is 0. The minimum absolute atomic E-state index is 0.314. The van der Waals surface area contributed by atoms with Crippen LogP contribution in [-0.4, -0.2) is 30.3 Å². The maximum atomic E-state index is 11.9. The molecule has 4 heteroatoms. The highest BCUT2D eigenvalue weighted by Crippen LogP contribution is 2.18. The van der Waals surface area contributed by atoms with E-state index in [0.717, 1.165) is 6.42 Å². The van der Waals surface area contributed by atoms with Crippen molar-refractivity contribution in [1.29, 1.82) is 0 Å². The molecule has 1 amide bonds. The van der Waals surface area contributed by atoms with Gasteiger partial charge in [-0.15, -0.1) is 0 Å². The lowest BCUT2D eigenvalue weighted by Crippen LogP contribution is -2.47. The first-order valence-electron chi connectivity index (χ1n) is 9.49. The standard InChI is InChI=1S/C19H38N2O2/c1-15(2)13-17(14-20-18(22)23-19(3,4)5)21-16-11-9-7-6-8-10-12-16/h15-17,21H,6-14H2,1-5H3,(H,20,22). The van der Waals surface area contributed by atoms with Crippen molar-refractivity contribution in [3.05, 3.63) is 0 Å². The van der Waals surface area contributed by atoms with Gasteiger partial charge in [0.25, 0.3) is 0 Å². The molecule has 1 rings (SSSR count). The number of ether oxygens (including phenoxy) is 1. The molecule has 0 aromatic heterocycles. The molecule has 0 aromatic carbocycles. The second kappa shape index (κ2) is 10.2. The summed E-state index contributed by atoms with van der Waals surface area (Å²) in [5.41, 5.74) is -0.440. The van der Waals surface area contributed by atoms with Crippen LogP contribution in [0.25, 0.3) is 0 Å². The largest absolute Gasteiger partial charge is 0.444 e. The van der Waals surface area contributed by atoms with Crippen LogP contribution in [0.5, 0.6) is 0 Å². The lowest BCUT2D eigenvalue weighted by molar-refractivity contribution is 0.0519. The first-order valence-corrected chi connectivity index (χ1v) is 9.49. The number of hydrogen-bond acceptors (Lipinski definition) is 3. The Hall–Kier alpha value is -0.770. The minimum atomic E-state index is -0.440. The van der Waals surface area contributed by atoms with E-state index in [-0.39, 0.29) is 6.09 Å². The molecule has 23 heavy (non-hydrogen) atoms. The van der Waals surface area contributed by atoms with Gasteiger partial charge in [0.1, 0.15) is 5.60 Å². The van der Waals surface area contributed by atoms with E-state index in [0.29, 0.717) is 24.5 Å². The Morgan fingerprint density at radius 1 is 1.09 bits per heavy atom. The van der Waals surface area contributed by atoms with Gasteiger partial charge in [-0.2, -0.15) is 0 Å². The molecule has 0 radical (unpaired) electrons. The summed E-state index contributed by atoms with van der Waals surface area (Å²) in [5.74, 6) is 0.612. The Labute approximate surface area is 143 Å². The van der Waals surface area contributed by atoms with E-state index >= 15 is 0 Å². The smallest absolute Gasteiger partial charge is 0.407 e. The van der Waals surface area contributed by atoms with E-state index in [2.05, 4.69) is 24.5 Å². The van der Waals surface area contributed by atoms with Crippen molar-refractivity contribution in [2.24, 2.45) is 5.92 Å². The molecule has 0 bridgehead atoms. The number of alkyl carbamates (subject to hydrolysis) is 1.